The van der Waals surface area contributed by atoms with Crippen LogP contribution in [0.15, 0.2) is 47.5 Å². The molecule has 1 aromatic heterocycles. The minimum atomic E-state index is -4.59. The number of fused-ring (bicyclic) bond motifs is 1. The molecule has 1 amide bonds. The summed E-state index contributed by atoms with van der Waals surface area (Å²) in [6, 6.07) is 9.39. The van der Waals surface area contributed by atoms with Crippen molar-refractivity contribution in [2.75, 3.05) is 6.61 Å². The number of benzene rings is 2. The minimum absolute atomic E-state index is 0.00664. The second-order valence-corrected chi connectivity index (χ2v) is 7.59. The molecule has 3 aromatic rings. The Kier molecular flexibility index (Phi) is 6.12. The van der Waals surface area contributed by atoms with Gasteiger partial charge in [-0.1, -0.05) is 35.1 Å². The Morgan fingerprint density at radius 3 is 2.43 bits per heavy atom. The summed E-state index contributed by atoms with van der Waals surface area (Å²) in [7, 11) is 0. The highest BCUT2D eigenvalue weighted by Gasteiger charge is 2.34. The number of halogens is 3. The summed E-state index contributed by atoms with van der Waals surface area (Å²) >= 11 is 0.715. The summed E-state index contributed by atoms with van der Waals surface area (Å²) in [5, 5.41) is 0. The molecule has 5 nitrogen and oxygen atoms in total. The predicted octanol–water partition coefficient (Wildman–Crippen LogP) is 4.90. The lowest BCUT2D eigenvalue weighted by Gasteiger charge is -2.14. The van der Waals surface area contributed by atoms with E-state index in [9.17, 15) is 22.8 Å². The van der Waals surface area contributed by atoms with E-state index in [0.717, 1.165) is 11.6 Å². The van der Waals surface area contributed by atoms with E-state index >= 15 is 0 Å². The molecule has 0 aliphatic rings. The molecule has 0 saturated carbocycles. The molecule has 0 bridgehead atoms. The Morgan fingerprint density at radius 1 is 1.17 bits per heavy atom. The van der Waals surface area contributed by atoms with Crippen molar-refractivity contribution in [1.82, 2.24) is 4.57 Å². The van der Waals surface area contributed by atoms with Crippen LogP contribution in [0, 0.1) is 6.92 Å². The third-order valence-corrected chi connectivity index (χ3v) is 5.57. The largest absolute Gasteiger partial charge is 0.464 e. The van der Waals surface area contributed by atoms with E-state index in [1.165, 1.54) is 23.6 Å². The smallest absolute Gasteiger partial charge is 0.417 e. The summed E-state index contributed by atoms with van der Waals surface area (Å²) in [6.45, 7) is 5.12. The molecule has 0 spiro atoms. The molecule has 0 N–H and O–H groups in total. The number of rotatable bonds is 4. The average molecular weight is 436 g/mol. The summed E-state index contributed by atoms with van der Waals surface area (Å²) < 4.78 is 46.8. The molecule has 30 heavy (non-hydrogen) atoms. The number of aryl methyl sites for hydroxylation is 1. The quantitative estimate of drug-likeness (QED) is 0.547. The van der Waals surface area contributed by atoms with Gasteiger partial charge in [0, 0.05) is 5.56 Å². The molecule has 158 valence electrons. The van der Waals surface area contributed by atoms with Crippen LogP contribution in [0.2, 0.25) is 0 Å². The van der Waals surface area contributed by atoms with Crippen molar-refractivity contribution in [3.63, 3.8) is 0 Å². The van der Waals surface area contributed by atoms with Gasteiger partial charge in [-0.15, -0.1) is 0 Å². The first kappa shape index (κ1) is 21.8. The van der Waals surface area contributed by atoms with E-state index in [1.54, 1.807) is 31.2 Å². The first-order chi connectivity index (χ1) is 14.1. The molecule has 1 unspecified atom stereocenters. The Labute approximate surface area is 174 Å². The van der Waals surface area contributed by atoms with E-state index in [1.807, 2.05) is 6.92 Å². The van der Waals surface area contributed by atoms with Crippen molar-refractivity contribution in [1.29, 1.82) is 0 Å². The van der Waals surface area contributed by atoms with Gasteiger partial charge in [-0.2, -0.15) is 18.2 Å². The summed E-state index contributed by atoms with van der Waals surface area (Å²) in [5.74, 6) is -1.24. The van der Waals surface area contributed by atoms with Gasteiger partial charge in [0.25, 0.3) is 5.91 Å². The zero-order chi connectivity index (χ0) is 22.1. The summed E-state index contributed by atoms with van der Waals surface area (Å²) in [5.41, 5.74) is 0.559. The van der Waals surface area contributed by atoms with Crippen molar-refractivity contribution < 1.29 is 27.5 Å². The van der Waals surface area contributed by atoms with Gasteiger partial charge in [0.1, 0.15) is 6.04 Å². The maximum Gasteiger partial charge on any atom is 0.417 e. The number of esters is 1. The molecule has 9 heteroatoms. The first-order valence-electron chi connectivity index (χ1n) is 9.17. The number of ether oxygens (including phenoxy) is 1. The maximum atomic E-state index is 13.5. The normalized spacial score (nSPS) is 13.5. The number of aromatic nitrogens is 1. The van der Waals surface area contributed by atoms with Crippen LogP contribution in [-0.4, -0.2) is 23.1 Å². The lowest BCUT2D eigenvalue weighted by Crippen LogP contribution is -2.27. The maximum absolute atomic E-state index is 13.5. The molecule has 3 rings (SSSR count). The van der Waals surface area contributed by atoms with Gasteiger partial charge in [0.05, 0.1) is 22.4 Å². The summed E-state index contributed by atoms with van der Waals surface area (Å²) in [4.78, 5) is 29.0. The lowest BCUT2D eigenvalue weighted by molar-refractivity contribution is -0.146. The number of carbonyl (C=O) groups excluding carboxylic acids is 2. The van der Waals surface area contributed by atoms with E-state index in [0.29, 0.717) is 16.9 Å². The highest BCUT2D eigenvalue weighted by molar-refractivity contribution is 7.16. The van der Waals surface area contributed by atoms with Crippen LogP contribution in [0.3, 0.4) is 0 Å². The van der Waals surface area contributed by atoms with Crippen molar-refractivity contribution in [3.05, 3.63) is 64.0 Å². The Hall–Kier alpha value is -2.94. The van der Waals surface area contributed by atoms with Crippen LogP contribution in [0.4, 0.5) is 13.2 Å². The second kappa shape index (κ2) is 8.43. The fourth-order valence-corrected chi connectivity index (χ4v) is 4.19. The molecular weight excluding hydrogens is 417 g/mol. The SMILES string of the molecule is CCOC(=O)C(C)n1c(=NC(=O)c2ccc(C)cc2)sc2c(C(F)(F)F)cccc21. The average Bonchev–Trinajstić information content (AvgIpc) is 3.04. The van der Waals surface area contributed by atoms with Crippen LogP contribution >= 0.6 is 11.3 Å². The zero-order valence-corrected chi connectivity index (χ0v) is 17.3. The molecular formula is C21H19F3N2O3S. The Balaban J connectivity index is 2.26. The molecule has 0 aliphatic heterocycles. The third-order valence-electron chi connectivity index (χ3n) is 4.47. The van der Waals surface area contributed by atoms with Crippen LogP contribution in [-0.2, 0) is 15.7 Å². The van der Waals surface area contributed by atoms with Gasteiger partial charge in [0.2, 0.25) is 0 Å². The molecule has 0 saturated heterocycles. The molecule has 0 aliphatic carbocycles. The number of carbonyl (C=O) groups is 2. The zero-order valence-electron chi connectivity index (χ0n) is 16.5. The number of thiazole rings is 1. The van der Waals surface area contributed by atoms with Crippen molar-refractivity contribution in [2.24, 2.45) is 4.99 Å². The highest BCUT2D eigenvalue weighted by atomic mass is 32.1. The third kappa shape index (κ3) is 4.30. The monoisotopic (exact) mass is 436 g/mol. The fourth-order valence-electron chi connectivity index (χ4n) is 2.96. The van der Waals surface area contributed by atoms with Crippen LogP contribution in [0.1, 0.15) is 41.4 Å². The molecule has 2 aromatic carbocycles. The minimum Gasteiger partial charge on any atom is -0.464 e. The van der Waals surface area contributed by atoms with Gasteiger partial charge in [-0.3, -0.25) is 4.79 Å². The Morgan fingerprint density at radius 2 is 1.83 bits per heavy atom. The fraction of sp³-hybridized carbons (Fsp3) is 0.286. The second-order valence-electron chi connectivity index (χ2n) is 6.62. The Bertz CT molecular complexity index is 1160. The van der Waals surface area contributed by atoms with E-state index in [-0.39, 0.29) is 21.6 Å². The van der Waals surface area contributed by atoms with Gasteiger partial charge in [-0.25, -0.2) is 4.79 Å². The number of hydrogen-bond donors (Lipinski definition) is 0. The van der Waals surface area contributed by atoms with Crippen LogP contribution in [0.5, 0.6) is 0 Å². The van der Waals surface area contributed by atoms with E-state index < -0.39 is 29.7 Å². The number of amides is 1. The number of alkyl halides is 3. The number of hydrogen-bond acceptors (Lipinski definition) is 4. The van der Waals surface area contributed by atoms with Crippen LogP contribution < -0.4 is 4.80 Å². The topological polar surface area (TPSA) is 60.7 Å². The van der Waals surface area contributed by atoms with Crippen molar-refractivity contribution >= 4 is 33.4 Å². The number of nitrogens with zero attached hydrogens (tertiary/aromatic N) is 2. The van der Waals surface area contributed by atoms with E-state index in [4.69, 9.17) is 4.74 Å². The molecule has 1 atom stereocenters. The van der Waals surface area contributed by atoms with Gasteiger partial charge in [-0.05, 0) is 45.0 Å². The molecule has 1 heterocycles. The first-order valence-corrected chi connectivity index (χ1v) is 9.98. The molecule has 0 fully saturated rings. The van der Waals surface area contributed by atoms with Gasteiger partial charge in [0.15, 0.2) is 4.80 Å². The van der Waals surface area contributed by atoms with Crippen molar-refractivity contribution in [3.8, 4) is 0 Å². The summed E-state index contributed by atoms with van der Waals surface area (Å²) in [6.07, 6.45) is -4.59. The highest BCUT2D eigenvalue weighted by Crippen LogP contribution is 2.36. The van der Waals surface area contributed by atoms with Gasteiger partial charge >= 0.3 is 12.1 Å². The van der Waals surface area contributed by atoms with Gasteiger partial charge < -0.3 is 9.30 Å². The predicted molar refractivity (Wildman–Crippen MR) is 107 cm³/mol. The van der Waals surface area contributed by atoms with Crippen LogP contribution in [0.25, 0.3) is 10.2 Å². The molecule has 0 radical (unpaired) electrons. The van der Waals surface area contributed by atoms with Crippen molar-refractivity contribution in [2.45, 2.75) is 33.0 Å². The lowest BCUT2D eigenvalue weighted by atomic mass is 10.1. The van der Waals surface area contributed by atoms with E-state index in [2.05, 4.69) is 4.99 Å². The standard InChI is InChI=1S/C21H19F3N2O3S/c1-4-29-19(28)13(3)26-16-7-5-6-15(21(22,23)24)17(16)30-20(26)25-18(27)14-10-8-12(2)9-11-14/h5-11,13H,4H2,1-3H3.